The van der Waals surface area contributed by atoms with E-state index in [1.54, 1.807) is 5.01 Å². The van der Waals surface area contributed by atoms with Gasteiger partial charge >= 0.3 is 6.18 Å². The summed E-state index contributed by atoms with van der Waals surface area (Å²) in [5.74, 6) is -0.883. The van der Waals surface area contributed by atoms with E-state index >= 15 is 0 Å². The van der Waals surface area contributed by atoms with E-state index in [-0.39, 0.29) is 5.69 Å². The predicted octanol–water partition coefficient (Wildman–Crippen LogP) is 3.66. The molecule has 0 bridgehead atoms. The molecular weight excluding hydrogens is 248 g/mol. The lowest BCUT2D eigenvalue weighted by Gasteiger charge is -2.29. The maximum absolute atomic E-state index is 12.9. The van der Waals surface area contributed by atoms with Gasteiger partial charge in [-0.15, -0.1) is 0 Å². The number of nitrogens with one attached hydrogen (secondary N) is 1. The number of halogens is 4. The second-order valence-electron chi connectivity index (χ2n) is 4.35. The van der Waals surface area contributed by atoms with Crippen LogP contribution in [0, 0.1) is 5.82 Å². The summed E-state index contributed by atoms with van der Waals surface area (Å²) in [7, 11) is 0. The minimum Gasteiger partial charge on any atom is -0.318 e. The lowest BCUT2D eigenvalue weighted by Crippen LogP contribution is -2.35. The molecule has 0 radical (unpaired) electrons. The van der Waals surface area contributed by atoms with Gasteiger partial charge in [-0.25, -0.2) is 9.40 Å². The van der Waals surface area contributed by atoms with E-state index in [0.29, 0.717) is 19.2 Å². The van der Waals surface area contributed by atoms with Crippen LogP contribution in [0.5, 0.6) is 0 Å². The quantitative estimate of drug-likeness (QED) is 0.818. The Kier molecular flexibility index (Phi) is 3.75. The third kappa shape index (κ3) is 3.13. The first-order valence-electron chi connectivity index (χ1n) is 5.85. The zero-order chi connectivity index (χ0) is 13.2. The van der Waals surface area contributed by atoms with Crippen LogP contribution in [0.2, 0.25) is 0 Å². The van der Waals surface area contributed by atoms with Gasteiger partial charge in [0.2, 0.25) is 0 Å². The molecule has 0 spiro atoms. The molecule has 6 heteroatoms. The number of alkyl halides is 3. The van der Waals surface area contributed by atoms with Crippen LogP contribution in [0.25, 0.3) is 0 Å². The minimum absolute atomic E-state index is 0.0919. The van der Waals surface area contributed by atoms with Crippen molar-refractivity contribution in [1.82, 2.24) is 5.01 Å². The molecule has 1 heterocycles. The summed E-state index contributed by atoms with van der Waals surface area (Å²) in [6.07, 6.45) is -1.56. The number of rotatable bonds is 2. The van der Waals surface area contributed by atoms with E-state index in [1.807, 2.05) is 0 Å². The summed E-state index contributed by atoms with van der Waals surface area (Å²) in [6.45, 7) is 1.41. The number of hydrazine groups is 1. The Balaban J connectivity index is 2.21. The van der Waals surface area contributed by atoms with E-state index in [4.69, 9.17) is 0 Å². The molecule has 2 nitrogen and oxygen atoms in total. The highest BCUT2D eigenvalue weighted by molar-refractivity contribution is 5.52. The standard InChI is InChI=1S/C12H14F4N2/c13-9-4-5-11(10(8-9)12(14,15)16)17-18-6-2-1-3-7-18/h4-5,8,17H,1-3,6-7H2. The Labute approximate surface area is 103 Å². The number of nitrogens with zero attached hydrogens (tertiary/aromatic N) is 1. The summed E-state index contributed by atoms with van der Waals surface area (Å²) in [5.41, 5.74) is 1.67. The third-order valence-electron chi connectivity index (χ3n) is 2.92. The lowest BCUT2D eigenvalue weighted by molar-refractivity contribution is -0.137. The van der Waals surface area contributed by atoms with Gasteiger partial charge in [-0.1, -0.05) is 6.42 Å². The first-order valence-corrected chi connectivity index (χ1v) is 5.85. The maximum atomic E-state index is 12.9. The highest BCUT2D eigenvalue weighted by atomic mass is 19.4. The summed E-state index contributed by atoms with van der Waals surface area (Å²) < 4.78 is 51.2. The average Bonchev–Trinajstić information content (AvgIpc) is 2.31. The van der Waals surface area contributed by atoms with Crippen molar-refractivity contribution in [3.05, 3.63) is 29.6 Å². The summed E-state index contributed by atoms with van der Waals surface area (Å²) in [5, 5.41) is 1.74. The molecule has 0 amide bonds. The van der Waals surface area contributed by atoms with Crippen molar-refractivity contribution in [2.24, 2.45) is 0 Å². The van der Waals surface area contributed by atoms with Crippen molar-refractivity contribution in [3.63, 3.8) is 0 Å². The third-order valence-corrected chi connectivity index (χ3v) is 2.92. The van der Waals surface area contributed by atoms with Crippen LogP contribution in [0.15, 0.2) is 18.2 Å². The van der Waals surface area contributed by atoms with Gasteiger partial charge in [-0.2, -0.15) is 13.2 Å². The smallest absolute Gasteiger partial charge is 0.318 e. The van der Waals surface area contributed by atoms with Crippen LogP contribution in [0.3, 0.4) is 0 Å². The van der Waals surface area contributed by atoms with Gasteiger partial charge in [-0.3, -0.25) is 0 Å². The molecule has 0 unspecified atom stereocenters. The van der Waals surface area contributed by atoms with Gasteiger partial charge in [0.25, 0.3) is 0 Å². The number of hydrogen-bond acceptors (Lipinski definition) is 2. The van der Waals surface area contributed by atoms with Gasteiger partial charge in [0.15, 0.2) is 0 Å². The van der Waals surface area contributed by atoms with Gasteiger partial charge in [-0.05, 0) is 31.0 Å². The van der Waals surface area contributed by atoms with E-state index in [1.165, 1.54) is 0 Å². The molecule has 0 saturated carbocycles. The maximum Gasteiger partial charge on any atom is 0.418 e. The molecule has 2 rings (SSSR count). The lowest BCUT2D eigenvalue weighted by atomic mass is 10.1. The zero-order valence-corrected chi connectivity index (χ0v) is 9.73. The molecule has 1 aliphatic rings. The van der Waals surface area contributed by atoms with E-state index < -0.39 is 17.6 Å². The fourth-order valence-corrected chi connectivity index (χ4v) is 2.02. The normalized spacial score (nSPS) is 17.8. The predicted molar refractivity (Wildman–Crippen MR) is 60.4 cm³/mol. The van der Waals surface area contributed by atoms with Crippen molar-refractivity contribution in [1.29, 1.82) is 0 Å². The van der Waals surface area contributed by atoms with Crippen molar-refractivity contribution < 1.29 is 17.6 Å². The molecule has 1 aromatic rings. The van der Waals surface area contributed by atoms with Crippen LogP contribution in [0.4, 0.5) is 23.2 Å². The van der Waals surface area contributed by atoms with E-state index in [2.05, 4.69) is 5.43 Å². The van der Waals surface area contributed by atoms with Crippen LogP contribution in [0.1, 0.15) is 24.8 Å². The fraction of sp³-hybridized carbons (Fsp3) is 0.500. The molecule has 1 aliphatic heterocycles. The molecule has 1 saturated heterocycles. The van der Waals surface area contributed by atoms with Crippen molar-refractivity contribution in [2.75, 3.05) is 18.5 Å². The van der Waals surface area contributed by atoms with Crippen LogP contribution < -0.4 is 5.43 Å². The number of hydrogen-bond donors (Lipinski definition) is 1. The summed E-state index contributed by atoms with van der Waals surface area (Å²) in [4.78, 5) is 0. The topological polar surface area (TPSA) is 15.3 Å². The monoisotopic (exact) mass is 262 g/mol. The first-order chi connectivity index (χ1) is 8.47. The number of benzene rings is 1. The second-order valence-corrected chi connectivity index (χ2v) is 4.35. The minimum atomic E-state index is -4.56. The Morgan fingerprint density at radius 3 is 2.33 bits per heavy atom. The van der Waals surface area contributed by atoms with Crippen molar-refractivity contribution >= 4 is 5.69 Å². The van der Waals surface area contributed by atoms with E-state index in [0.717, 1.165) is 31.4 Å². The number of piperidine rings is 1. The molecule has 0 atom stereocenters. The van der Waals surface area contributed by atoms with Crippen molar-refractivity contribution in [2.45, 2.75) is 25.4 Å². The first kappa shape index (κ1) is 13.1. The van der Waals surface area contributed by atoms with Gasteiger partial charge in [0.1, 0.15) is 5.82 Å². The van der Waals surface area contributed by atoms with Gasteiger partial charge in [0, 0.05) is 13.1 Å². The van der Waals surface area contributed by atoms with Crippen molar-refractivity contribution in [3.8, 4) is 0 Å². The molecule has 1 fully saturated rings. The van der Waals surface area contributed by atoms with Crippen LogP contribution >= 0.6 is 0 Å². The fourth-order valence-electron chi connectivity index (χ4n) is 2.02. The Morgan fingerprint density at radius 2 is 1.72 bits per heavy atom. The molecule has 18 heavy (non-hydrogen) atoms. The molecule has 0 aromatic heterocycles. The molecule has 1 N–H and O–H groups in total. The highest BCUT2D eigenvalue weighted by Gasteiger charge is 2.34. The Hall–Kier alpha value is -1.30. The Morgan fingerprint density at radius 1 is 1.06 bits per heavy atom. The molecule has 100 valence electrons. The molecule has 1 aromatic carbocycles. The van der Waals surface area contributed by atoms with Crippen LogP contribution in [-0.4, -0.2) is 18.1 Å². The van der Waals surface area contributed by atoms with E-state index in [9.17, 15) is 17.6 Å². The average molecular weight is 262 g/mol. The van der Waals surface area contributed by atoms with Gasteiger partial charge < -0.3 is 5.43 Å². The highest BCUT2D eigenvalue weighted by Crippen LogP contribution is 2.35. The molecule has 0 aliphatic carbocycles. The largest absolute Gasteiger partial charge is 0.418 e. The summed E-state index contributed by atoms with van der Waals surface area (Å²) in [6, 6.07) is 2.68. The SMILES string of the molecule is Fc1ccc(NN2CCCCC2)c(C(F)(F)F)c1. The molecular formula is C12H14F4N2. The number of anilines is 1. The van der Waals surface area contributed by atoms with Gasteiger partial charge in [0.05, 0.1) is 11.3 Å². The summed E-state index contributed by atoms with van der Waals surface area (Å²) >= 11 is 0. The van der Waals surface area contributed by atoms with Crippen LogP contribution in [-0.2, 0) is 6.18 Å². The zero-order valence-electron chi connectivity index (χ0n) is 9.73. The Bertz CT molecular complexity index is 411. The second kappa shape index (κ2) is 5.14.